The van der Waals surface area contributed by atoms with Gasteiger partial charge in [0.15, 0.2) is 0 Å². The first-order valence-corrected chi connectivity index (χ1v) is 15.1. The fraction of sp³-hybridized carbons (Fsp3) is 0.278. The molecule has 0 atom stereocenters. The summed E-state index contributed by atoms with van der Waals surface area (Å²) in [5.74, 6) is -1.64. The number of amides is 4. The molecule has 0 unspecified atom stereocenters. The molecule has 44 heavy (non-hydrogen) atoms. The molecule has 2 heterocycles. The molecule has 0 radical (unpaired) electrons. The van der Waals surface area contributed by atoms with Gasteiger partial charge in [-0.2, -0.15) is 10.5 Å². The van der Waals surface area contributed by atoms with Gasteiger partial charge in [-0.25, -0.2) is 0 Å². The number of hydrogen-bond donors (Lipinski definition) is 0. The number of carbonyl (C=O) groups excluding carboxylic acids is 4. The van der Waals surface area contributed by atoms with Crippen LogP contribution in [0.2, 0.25) is 0 Å². The first-order valence-electron chi connectivity index (χ1n) is 15.1. The molecule has 2 aliphatic rings. The predicted octanol–water partition coefficient (Wildman–Crippen LogP) is 7.05. The SMILES string of the molecule is CCC(CC)N1C(=O)c2ccc3c4c(C#N)cc5c6c(ccc(c7c(C#N)cc(c2c37)C1=O)c64)C(=O)N(C(CC)CC)C5=O. The molecule has 0 fully saturated rings. The maximum atomic E-state index is 13.9. The van der Waals surface area contributed by atoms with E-state index >= 15 is 0 Å². The summed E-state index contributed by atoms with van der Waals surface area (Å²) in [7, 11) is 0. The Kier molecular flexibility index (Phi) is 5.99. The van der Waals surface area contributed by atoms with E-state index < -0.39 is 11.8 Å². The van der Waals surface area contributed by atoms with Crippen LogP contribution in [0.15, 0.2) is 36.4 Å². The summed E-state index contributed by atoms with van der Waals surface area (Å²) in [6.07, 6.45) is 2.41. The molecule has 0 aliphatic carbocycles. The van der Waals surface area contributed by atoms with Crippen LogP contribution in [0.1, 0.15) is 106 Å². The Balaban J connectivity index is 1.67. The second-order valence-corrected chi connectivity index (χ2v) is 11.6. The number of nitrogens with zero attached hydrogens (tertiary/aromatic N) is 4. The van der Waals surface area contributed by atoms with Gasteiger partial charge in [-0.05, 0) is 60.7 Å². The Morgan fingerprint density at radius 1 is 0.523 bits per heavy atom. The van der Waals surface area contributed by atoms with Gasteiger partial charge in [0.25, 0.3) is 23.6 Å². The second kappa shape index (κ2) is 9.59. The topological polar surface area (TPSA) is 122 Å². The van der Waals surface area contributed by atoms with Crippen molar-refractivity contribution in [2.45, 2.75) is 65.5 Å². The molecule has 4 amide bonds. The summed E-state index contributed by atoms with van der Waals surface area (Å²) in [6.45, 7) is 7.73. The number of nitriles is 2. The molecule has 0 saturated carbocycles. The normalized spacial score (nSPS) is 14.7. The van der Waals surface area contributed by atoms with Crippen LogP contribution >= 0.6 is 0 Å². The van der Waals surface area contributed by atoms with E-state index in [-0.39, 0.29) is 46.2 Å². The van der Waals surface area contributed by atoms with Gasteiger partial charge in [0, 0.05) is 55.5 Å². The summed E-state index contributed by atoms with van der Waals surface area (Å²) in [4.78, 5) is 58.2. The van der Waals surface area contributed by atoms with Crippen LogP contribution in [0, 0.1) is 22.7 Å². The highest BCUT2D eigenvalue weighted by Crippen LogP contribution is 2.48. The van der Waals surface area contributed by atoms with Gasteiger partial charge < -0.3 is 0 Å². The first kappa shape index (κ1) is 27.5. The summed E-state index contributed by atoms with van der Waals surface area (Å²) in [5.41, 5.74) is 1.79. The summed E-state index contributed by atoms with van der Waals surface area (Å²) in [6, 6.07) is 14.0. The van der Waals surface area contributed by atoms with Crippen molar-refractivity contribution < 1.29 is 19.2 Å². The number of rotatable bonds is 6. The highest BCUT2D eigenvalue weighted by Gasteiger charge is 2.40. The first-order chi connectivity index (χ1) is 21.3. The van der Waals surface area contributed by atoms with E-state index in [0.717, 1.165) is 0 Å². The van der Waals surface area contributed by atoms with Gasteiger partial charge in [0.1, 0.15) is 0 Å². The molecule has 5 aromatic rings. The summed E-state index contributed by atoms with van der Waals surface area (Å²) < 4.78 is 0. The molecule has 0 aromatic heterocycles. The molecular formula is C36H28N4O4. The smallest absolute Gasteiger partial charge is 0.261 e. The monoisotopic (exact) mass is 580 g/mol. The molecule has 0 spiro atoms. The van der Waals surface area contributed by atoms with Crippen molar-refractivity contribution in [2.75, 3.05) is 0 Å². The van der Waals surface area contributed by atoms with Crippen LogP contribution in [-0.4, -0.2) is 45.5 Å². The van der Waals surface area contributed by atoms with Gasteiger partial charge in [0.05, 0.1) is 34.4 Å². The van der Waals surface area contributed by atoms with Gasteiger partial charge in [-0.1, -0.05) is 39.8 Å². The highest BCUT2D eigenvalue weighted by molar-refractivity contribution is 6.42. The molecule has 8 nitrogen and oxygen atoms in total. The average molecular weight is 581 g/mol. The number of fused-ring (bicyclic) bond motifs is 2. The fourth-order valence-electron chi connectivity index (χ4n) is 7.65. The maximum absolute atomic E-state index is 13.9. The Hall–Kier alpha value is -5.34. The Bertz CT molecular complexity index is 2090. The van der Waals surface area contributed by atoms with E-state index in [4.69, 9.17) is 0 Å². The number of carbonyl (C=O) groups is 4. The van der Waals surface area contributed by atoms with Crippen molar-refractivity contribution in [3.63, 3.8) is 0 Å². The summed E-state index contributed by atoms with van der Waals surface area (Å²) >= 11 is 0. The lowest BCUT2D eigenvalue weighted by molar-refractivity contribution is 0.0514. The fourth-order valence-corrected chi connectivity index (χ4v) is 7.65. The molecule has 0 saturated heterocycles. The lowest BCUT2D eigenvalue weighted by Gasteiger charge is -2.35. The zero-order valence-electron chi connectivity index (χ0n) is 24.9. The van der Waals surface area contributed by atoms with Gasteiger partial charge in [-0.15, -0.1) is 0 Å². The van der Waals surface area contributed by atoms with Gasteiger partial charge >= 0.3 is 0 Å². The quantitative estimate of drug-likeness (QED) is 0.120. The molecule has 5 aromatic carbocycles. The third-order valence-electron chi connectivity index (χ3n) is 9.76. The van der Waals surface area contributed by atoms with Gasteiger partial charge in [-0.3, -0.25) is 29.0 Å². The maximum Gasteiger partial charge on any atom is 0.261 e. The van der Waals surface area contributed by atoms with Crippen molar-refractivity contribution in [3.05, 3.63) is 69.8 Å². The molecule has 0 N–H and O–H groups in total. The minimum absolute atomic E-state index is 0.245. The lowest BCUT2D eigenvalue weighted by atomic mass is 9.79. The predicted molar refractivity (Wildman–Crippen MR) is 167 cm³/mol. The third-order valence-corrected chi connectivity index (χ3v) is 9.76. The van der Waals surface area contributed by atoms with E-state index in [0.29, 0.717) is 79.9 Å². The van der Waals surface area contributed by atoms with Crippen LogP contribution < -0.4 is 0 Å². The zero-order chi connectivity index (χ0) is 31.2. The molecule has 8 heteroatoms. The minimum Gasteiger partial charge on any atom is -0.271 e. The number of imide groups is 2. The van der Waals surface area contributed by atoms with Crippen LogP contribution in [-0.2, 0) is 0 Å². The van der Waals surface area contributed by atoms with E-state index in [1.165, 1.54) is 9.80 Å². The number of benzene rings is 5. The van der Waals surface area contributed by atoms with E-state index in [1.54, 1.807) is 36.4 Å². The zero-order valence-corrected chi connectivity index (χ0v) is 24.9. The lowest BCUT2D eigenvalue weighted by Crippen LogP contribution is -2.46. The molecule has 7 rings (SSSR count). The van der Waals surface area contributed by atoms with Crippen LogP contribution in [0.25, 0.3) is 43.1 Å². The highest BCUT2D eigenvalue weighted by atomic mass is 16.2. The van der Waals surface area contributed by atoms with Crippen LogP contribution in [0.4, 0.5) is 0 Å². The van der Waals surface area contributed by atoms with E-state index in [2.05, 4.69) is 12.1 Å². The average Bonchev–Trinajstić information content (AvgIpc) is 3.05. The van der Waals surface area contributed by atoms with E-state index in [9.17, 15) is 29.7 Å². The molecule has 2 aliphatic heterocycles. The molecule has 0 bridgehead atoms. The molecular weight excluding hydrogens is 552 g/mol. The van der Waals surface area contributed by atoms with Crippen LogP contribution in [0.5, 0.6) is 0 Å². The van der Waals surface area contributed by atoms with Crippen molar-refractivity contribution in [1.82, 2.24) is 9.80 Å². The standard InChI is InChI=1S/C36H28N4O4/c1-5-19(6-2)39-33(41)23-11-9-21-28-18(16-38)14-26-30-24(34(42)40(36(26)44)20(7-3)8-4)12-10-22(32(28)30)27-17(15-37)13-25(35(39)43)29(23)31(21)27/h9-14,19-20H,5-8H2,1-4H3. The van der Waals surface area contributed by atoms with Crippen molar-refractivity contribution >= 4 is 66.7 Å². The van der Waals surface area contributed by atoms with Crippen molar-refractivity contribution in [1.29, 1.82) is 10.5 Å². The van der Waals surface area contributed by atoms with Crippen LogP contribution in [0.3, 0.4) is 0 Å². The van der Waals surface area contributed by atoms with E-state index in [1.807, 2.05) is 27.7 Å². The summed E-state index contributed by atoms with van der Waals surface area (Å²) in [5, 5.41) is 25.1. The Morgan fingerprint density at radius 2 is 0.864 bits per heavy atom. The molecule has 216 valence electrons. The van der Waals surface area contributed by atoms with Crippen molar-refractivity contribution in [3.8, 4) is 12.1 Å². The van der Waals surface area contributed by atoms with Gasteiger partial charge in [0.2, 0.25) is 0 Å². The largest absolute Gasteiger partial charge is 0.271 e. The van der Waals surface area contributed by atoms with Crippen molar-refractivity contribution in [2.24, 2.45) is 0 Å². The number of hydrogen-bond acceptors (Lipinski definition) is 6. The minimum atomic E-state index is -0.439. The third kappa shape index (κ3) is 3.20. The second-order valence-electron chi connectivity index (χ2n) is 11.6. The Labute approximate surface area is 253 Å². The Morgan fingerprint density at radius 3 is 1.18 bits per heavy atom.